The summed E-state index contributed by atoms with van der Waals surface area (Å²) in [6.45, 7) is 1.70. The van der Waals surface area contributed by atoms with E-state index in [1.165, 1.54) is 12.3 Å². The molecule has 2 aromatic heterocycles. The quantitative estimate of drug-likeness (QED) is 0.636. The lowest BCUT2D eigenvalue weighted by Gasteiger charge is -2.14. The molecule has 3 rings (SSSR count). The number of carbonyl (C=O) groups excluding carboxylic acids is 1. The smallest absolute Gasteiger partial charge is 0.256 e. The molecule has 2 heterocycles. The Balaban J connectivity index is 1.78. The summed E-state index contributed by atoms with van der Waals surface area (Å²) in [6, 6.07) is 8.00. The molecule has 1 atom stereocenters. The van der Waals surface area contributed by atoms with Crippen molar-refractivity contribution >= 4 is 40.1 Å². The Kier molecular flexibility index (Phi) is 5.27. The molecule has 0 bridgehead atoms. The molecule has 8 heteroatoms. The van der Waals surface area contributed by atoms with Gasteiger partial charge in [0.15, 0.2) is 0 Å². The number of H-pyrrole nitrogens is 1. The van der Waals surface area contributed by atoms with Gasteiger partial charge in [0.1, 0.15) is 11.2 Å². The predicted octanol–water partition coefficient (Wildman–Crippen LogP) is 3.00. The molecule has 26 heavy (non-hydrogen) atoms. The number of aliphatic hydroxyl groups is 1. The Hall–Kier alpha value is -2.41. The average molecular weight is 392 g/mol. The molecule has 3 N–H and O–H groups in total. The van der Waals surface area contributed by atoms with Crippen molar-refractivity contribution in [3.05, 3.63) is 73.6 Å². The van der Waals surface area contributed by atoms with Crippen LogP contribution in [0.2, 0.25) is 10.0 Å². The molecule has 0 aliphatic heterocycles. The first-order chi connectivity index (χ1) is 12.4. The number of nitrogens with zero attached hydrogens (tertiary/aromatic N) is 1. The molecule has 0 aliphatic rings. The van der Waals surface area contributed by atoms with Crippen LogP contribution in [-0.4, -0.2) is 27.5 Å². The number of pyridine rings is 2. The number of rotatable bonds is 4. The van der Waals surface area contributed by atoms with E-state index in [1.807, 2.05) is 6.92 Å². The molecule has 0 fully saturated rings. The van der Waals surface area contributed by atoms with Crippen LogP contribution < -0.4 is 10.7 Å². The summed E-state index contributed by atoms with van der Waals surface area (Å²) in [6.07, 6.45) is 0.279. The van der Waals surface area contributed by atoms with Gasteiger partial charge in [0.2, 0.25) is 5.43 Å². The Labute approximate surface area is 158 Å². The van der Waals surface area contributed by atoms with E-state index in [2.05, 4.69) is 15.3 Å². The van der Waals surface area contributed by atoms with Crippen LogP contribution in [0, 0.1) is 6.92 Å². The molecule has 134 valence electrons. The third-order valence-corrected chi connectivity index (χ3v) is 4.46. The number of aliphatic hydroxyl groups excluding tert-OH is 1. The number of nitrogens with one attached hydrogen (secondary N) is 2. The van der Waals surface area contributed by atoms with Crippen molar-refractivity contribution < 1.29 is 9.90 Å². The van der Waals surface area contributed by atoms with Crippen molar-refractivity contribution in [2.45, 2.75) is 13.0 Å². The number of aryl methyl sites for hydroxylation is 1. The highest BCUT2D eigenvalue weighted by Gasteiger charge is 2.17. The number of aromatic amines is 1. The summed E-state index contributed by atoms with van der Waals surface area (Å²) in [4.78, 5) is 31.9. The highest BCUT2D eigenvalue weighted by atomic mass is 35.5. The summed E-state index contributed by atoms with van der Waals surface area (Å²) in [5.74, 6) is -0.599. The zero-order valence-electron chi connectivity index (χ0n) is 13.7. The van der Waals surface area contributed by atoms with Crippen molar-refractivity contribution in [2.24, 2.45) is 0 Å². The van der Waals surface area contributed by atoms with E-state index in [1.54, 1.807) is 24.3 Å². The topological polar surface area (TPSA) is 95.1 Å². The first-order valence-electron chi connectivity index (χ1n) is 7.77. The monoisotopic (exact) mass is 391 g/mol. The largest absolute Gasteiger partial charge is 0.387 e. The van der Waals surface area contributed by atoms with E-state index >= 15 is 0 Å². The van der Waals surface area contributed by atoms with E-state index < -0.39 is 17.4 Å². The van der Waals surface area contributed by atoms with Gasteiger partial charge < -0.3 is 15.4 Å². The molecule has 0 spiro atoms. The van der Waals surface area contributed by atoms with Crippen LogP contribution >= 0.6 is 23.2 Å². The number of benzene rings is 1. The van der Waals surface area contributed by atoms with Gasteiger partial charge in [-0.3, -0.25) is 9.59 Å². The van der Waals surface area contributed by atoms with Gasteiger partial charge in [0, 0.05) is 34.0 Å². The maximum Gasteiger partial charge on any atom is 0.256 e. The highest BCUT2D eigenvalue weighted by molar-refractivity contribution is 6.35. The molecule has 1 amide bonds. The average Bonchev–Trinajstić information content (AvgIpc) is 2.59. The second-order valence-electron chi connectivity index (χ2n) is 5.77. The summed E-state index contributed by atoms with van der Waals surface area (Å²) >= 11 is 11.9. The van der Waals surface area contributed by atoms with Gasteiger partial charge in [-0.1, -0.05) is 29.3 Å². The van der Waals surface area contributed by atoms with Gasteiger partial charge in [0.25, 0.3) is 5.91 Å². The zero-order valence-corrected chi connectivity index (χ0v) is 15.2. The highest BCUT2D eigenvalue weighted by Crippen LogP contribution is 2.25. The van der Waals surface area contributed by atoms with E-state index in [4.69, 9.17) is 23.2 Å². The van der Waals surface area contributed by atoms with Gasteiger partial charge >= 0.3 is 0 Å². The van der Waals surface area contributed by atoms with E-state index in [9.17, 15) is 14.7 Å². The lowest BCUT2D eigenvalue weighted by Crippen LogP contribution is -2.32. The molecule has 0 aliphatic carbocycles. The predicted molar refractivity (Wildman–Crippen MR) is 101 cm³/mol. The third-order valence-electron chi connectivity index (χ3n) is 3.90. The first kappa shape index (κ1) is 18.4. The molecule has 1 aromatic carbocycles. The minimum atomic E-state index is -1.03. The maximum atomic E-state index is 12.5. The number of halogens is 2. The van der Waals surface area contributed by atoms with Gasteiger partial charge in [-0.25, -0.2) is 4.98 Å². The zero-order chi connectivity index (χ0) is 18.8. The fourth-order valence-corrected chi connectivity index (χ4v) is 3.07. The first-order valence-corrected chi connectivity index (χ1v) is 8.52. The molecule has 0 radical (unpaired) electrons. The normalized spacial score (nSPS) is 12.2. The summed E-state index contributed by atoms with van der Waals surface area (Å²) in [5.41, 5.74) is 1.12. The Bertz CT molecular complexity index is 1050. The number of carbonyl (C=O) groups is 1. The second kappa shape index (κ2) is 7.45. The SMILES string of the molecule is Cc1ccc2c(=O)c(C(=O)NCC(O)c3ccc(Cl)cc3Cl)c[nH]c2n1. The standard InChI is InChI=1S/C18H15Cl2N3O3/c1-9-2-4-12-16(25)13(7-21-17(12)23-9)18(26)22-8-15(24)11-5-3-10(19)6-14(11)20/h2-7,15,24H,8H2,1H3,(H,22,26)(H,21,23,25). The van der Waals surface area contributed by atoms with Crippen molar-refractivity contribution in [3.63, 3.8) is 0 Å². The third kappa shape index (κ3) is 3.72. The van der Waals surface area contributed by atoms with Crippen LogP contribution in [0.5, 0.6) is 0 Å². The number of hydrogen-bond donors (Lipinski definition) is 3. The van der Waals surface area contributed by atoms with E-state index in [0.717, 1.165) is 5.69 Å². The van der Waals surface area contributed by atoms with Gasteiger partial charge in [-0.05, 0) is 31.2 Å². The van der Waals surface area contributed by atoms with Crippen LogP contribution in [0.15, 0.2) is 41.3 Å². The molecule has 6 nitrogen and oxygen atoms in total. The molecular formula is C18H15Cl2N3O3. The fraction of sp³-hybridized carbons (Fsp3) is 0.167. The molecule has 0 saturated carbocycles. The van der Waals surface area contributed by atoms with Gasteiger partial charge in [0.05, 0.1) is 11.5 Å². The van der Waals surface area contributed by atoms with Gasteiger partial charge in [-0.15, -0.1) is 0 Å². The van der Waals surface area contributed by atoms with Gasteiger partial charge in [-0.2, -0.15) is 0 Å². The number of aromatic nitrogens is 2. The van der Waals surface area contributed by atoms with Crippen LogP contribution in [0.4, 0.5) is 0 Å². The molecule has 3 aromatic rings. The van der Waals surface area contributed by atoms with Crippen molar-refractivity contribution in [1.29, 1.82) is 0 Å². The minimum absolute atomic E-state index is 0.0578. The maximum absolute atomic E-state index is 12.5. The molecule has 1 unspecified atom stereocenters. The Morgan fingerprint density at radius 3 is 2.81 bits per heavy atom. The fourth-order valence-electron chi connectivity index (χ4n) is 2.54. The van der Waals surface area contributed by atoms with Crippen LogP contribution in [0.3, 0.4) is 0 Å². The summed E-state index contributed by atoms with van der Waals surface area (Å²) in [7, 11) is 0. The van der Waals surface area contributed by atoms with Crippen LogP contribution in [0.25, 0.3) is 11.0 Å². The minimum Gasteiger partial charge on any atom is -0.387 e. The van der Waals surface area contributed by atoms with Crippen LogP contribution in [-0.2, 0) is 0 Å². The lowest BCUT2D eigenvalue weighted by molar-refractivity contribution is 0.0915. The van der Waals surface area contributed by atoms with Crippen molar-refractivity contribution in [2.75, 3.05) is 6.54 Å². The Morgan fingerprint density at radius 1 is 1.31 bits per heavy atom. The van der Waals surface area contributed by atoms with E-state index in [-0.39, 0.29) is 12.1 Å². The van der Waals surface area contributed by atoms with E-state index in [0.29, 0.717) is 26.6 Å². The Morgan fingerprint density at radius 2 is 2.08 bits per heavy atom. The van der Waals surface area contributed by atoms with Crippen molar-refractivity contribution in [1.82, 2.24) is 15.3 Å². The van der Waals surface area contributed by atoms with Crippen molar-refractivity contribution in [3.8, 4) is 0 Å². The number of hydrogen-bond acceptors (Lipinski definition) is 4. The van der Waals surface area contributed by atoms with Crippen LogP contribution in [0.1, 0.15) is 27.7 Å². The second-order valence-corrected chi connectivity index (χ2v) is 6.62. The number of amides is 1. The lowest BCUT2D eigenvalue weighted by atomic mass is 10.1. The number of fused-ring (bicyclic) bond motifs is 1. The molecular weight excluding hydrogens is 377 g/mol. The summed E-state index contributed by atoms with van der Waals surface area (Å²) < 4.78 is 0. The summed E-state index contributed by atoms with van der Waals surface area (Å²) in [5, 5.41) is 13.8. The molecule has 0 saturated heterocycles.